The van der Waals surface area contributed by atoms with E-state index in [0.29, 0.717) is 32.0 Å². The largest absolute Gasteiger partial charge is 0.478 e. The molecular weight excluding hydrogens is 701 g/mol. The number of carboxylic acids is 1. The summed E-state index contributed by atoms with van der Waals surface area (Å²) < 4.78 is 20.5. The average molecular weight is 733 g/mol. The molecule has 51 heavy (non-hydrogen) atoms. The first kappa shape index (κ1) is 37.8. The molecule has 0 atom stereocenters. The van der Waals surface area contributed by atoms with E-state index in [1.165, 1.54) is 53.9 Å². The van der Waals surface area contributed by atoms with Crippen molar-refractivity contribution in [2.45, 2.75) is 13.8 Å². The average Bonchev–Trinajstić information content (AvgIpc) is 3.73. The van der Waals surface area contributed by atoms with Gasteiger partial charge in [-0.3, -0.25) is 4.79 Å². The molecule has 0 aliphatic rings. The molecule has 1 amide bonds. The molecule has 15 heteroatoms. The van der Waals surface area contributed by atoms with Crippen LogP contribution in [0.15, 0.2) is 91.2 Å². The SMILES string of the molecule is CNc1cc2oc(=O)c(C(=O)OC)cc2s1.COC(=O)c1cc2sc(N(C)C(=O)c3ccc(C)cc3)cc2oc1=O.Cc1ccc(C(=O)O)cc1. The van der Waals surface area contributed by atoms with Gasteiger partial charge in [-0.05, 0) is 50.2 Å². The molecule has 4 aromatic heterocycles. The van der Waals surface area contributed by atoms with Crippen molar-refractivity contribution < 1.29 is 42.6 Å². The number of rotatable bonds is 6. The molecule has 0 fully saturated rings. The van der Waals surface area contributed by atoms with Crippen LogP contribution in [-0.2, 0) is 9.47 Å². The zero-order valence-corrected chi connectivity index (χ0v) is 29.9. The number of anilines is 2. The number of benzene rings is 2. The van der Waals surface area contributed by atoms with E-state index < -0.39 is 29.2 Å². The van der Waals surface area contributed by atoms with Crippen molar-refractivity contribution in [1.82, 2.24) is 0 Å². The molecule has 264 valence electrons. The van der Waals surface area contributed by atoms with Crippen LogP contribution >= 0.6 is 22.7 Å². The number of ether oxygens (including phenoxy) is 2. The lowest BCUT2D eigenvalue weighted by molar-refractivity contribution is 0.0587. The number of amides is 1. The summed E-state index contributed by atoms with van der Waals surface area (Å²) >= 11 is 2.64. The van der Waals surface area contributed by atoms with Crippen LogP contribution in [0.25, 0.3) is 20.6 Å². The second-order valence-electron chi connectivity index (χ2n) is 10.7. The zero-order valence-electron chi connectivity index (χ0n) is 28.2. The fourth-order valence-electron chi connectivity index (χ4n) is 4.29. The minimum absolute atomic E-state index is 0.0838. The summed E-state index contributed by atoms with van der Waals surface area (Å²) in [5.41, 5.74) is 2.12. The molecule has 2 N–H and O–H groups in total. The number of carboxylic acid groups (broad SMARTS) is 1. The fraction of sp³-hybridized carbons (Fsp3) is 0.167. The predicted molar refractivity (Wildman–Crippen MR) is 195 cm³/mol. The third-order valence-electron chi connectivity index (χ3n) is 7.12. The zero-order chi connectivity index (χ0) is 37.4. The van der Waals surface area contributed by atoms with Crippen molar-refractivity contribution in [3.05, 3.63) is 127 Å². The Hall–Kier alpha value is -6.06. The molecule has 0 aliphatic heterocycles. The van der Waals surface area contributed by atoms with Crippen LogP contribution in [0.1, 0.15) is 52.6 Å². The number of esters is 2. The maximum Gasteiger partial charge on any atom is 0.351 e. The van der Waals surface area contributed by atoms with E-state index in [-0.39, 0.29) is 17.0 Å². The van der Waals surface area contributed by atoms with Gasteiger partial charge in [0, 0.05) is 31.8 Å². The highest BCUT2D eigenvalue weighted by Crippen LogP contribution is 2.33. The van der Waals surface area contributed by atoms with Crippen molar-refractivity contribution in [2.24, 2.45) is 0 Å². The van der Waals surface area contributed by atoms with Gasteiger partial charge in [0.05, 0.1) is 34.2 Å². The first-order valence-corrected chi connectivity index (χ1v) is 16.5. The number of fused-ring (bicyclic) bond motifs is 2. The van der Waals surface area contributed by atoms with Gasteiger partial charge in [-0.15, -0.1) is 22.7 Å². The van der Waals surface area contributed by atoms with Crippen LogP contribution in [0.2, 0.25) is 0 Å². The van der Waals surface area contributed by atoms with Gasteiger partial charge < -0.3 is 33.6 Å². The lowest BCUT2D eigenvalue weighted by Crippen LogP contribution is -2.25. The number of carbonyl (C=O) groups is 4. The monoisotopic (exact) mass is 732 g/mol. The van der Waals surface area contributed by atoms with Crippen LogP contribution in [0.5, 0.6) is 0 Å². The number of hydrogen-bond acceptors (Lipinski definition) is 13. The summed E-state index contributed by atoms with van der Waals surface area (Å²) in [6.45, 7) is 3.87. The van der Waals surface area contributed by atoms with Gasteiger partial charge >= 0.3 is 29.2 Å². The van der Waals surface area contributed by atoms with Crippen molar-refractivity contribution in [3.8, 4) is 0 Å². The number of nitrogens with zero attached hydrogens (tertiary/aromatic N) is 1. The Morgan fingerprint density at radius 1 is 0.706 bits per heavy atom. The normalized spacial score (nSPS) is 10.3. The maximum atomic E-state index is 12.6. The van der Waals surface area contributed by atoms with E-state index in [4.69, 9.17) is 13.9 Å². The number of hydrogen-bond donors (Lipinski definition) is 2. The van der Waals surface area contributed by atoms with Gasteiger partial charge in [0.25, 0.3) is 5.91 Å². The Balaban J connectivity index is 0.000000191. The highest BCUT2D eigenvalue weighted by atomic mass is 32.1. The number of nitrogens with one attached hydrogen (secondary N) is 1. The van der Waals surface area contributed by atoms with Gasteiger partial charge in [0.2, 0.25) is 0 Å². The van der Waals surface area contributed by atoms with Crippen LogP contribution in [0, 0.1) is 13.8 Å². The summed E-state index contributed by atoms with van der Waals surface area (Å²) in [5.74, 6) is -2.49. The van der Waals surface area contributed by atoms with Gasteiger partial charge in [-0.1, -0.05) is 35.4 Å². The molecule has 0 aliphatic carbocycles. The van der Waals surface area contributed by atoms with Crippen LogP contribution < -0.4 is 21.5 Å². The van der Waals surface area contributed by atoms with E-state index in [1.807, 2.05) is 26.0 Å². The summed E-state index contributed by atoms with van der Waals surface area (Å²) in [5, 5.41) is 12.9. The molecule has 0 unspecified atom stereocenters. The first-order valence-electron chi connectivity index (χ1n) is 14.9. The summed E-state index contributed by atoms with van der Waals surface area (Å²) in [7, 11) is 5.83. The van der Waals surface area contributed by atoms with E-state index in [0.717, 1.165) is 20.8 Å². The lowest BCUT2D eigenvalue weighted by atomic mass is 10.1. The van der Waals surface area contributed by atoms with E-state index in [9.17, 15) is 28.8 Å². The summed E-state index contributed by atoms with van der Waals surface area (Å²) in [6, 6.07) is 20.2. The molecule has 4 heterocycles. The third kappa shape index (κ3) is 9.14. The molecule has 6 rings (SSSR count). The van der Waals surface area contributed by atoms with E-state index >= 15 is 0 Å². The van der Waals surface area contributed by atoms with Gasteiger partial charge in [0.1, 0.15) is 16.1 Å². The van der Waals surface area contributed by atoms with Gasteiger partial charge in [-0.25, -0.2) is 24.0 Å². The van der Waals surface area contributed by atoms with E-state index in [1.54, 1.807) is 62.6 Å². The number of methoxy groups -OCH3 is 2. The Kier molecular flexibility index (Phi) is 12.3. The molecular formula is C36H32N2O11S2. The molecule has 0 bridgehead atoms. The fourth-order valence-corrected chi connectivity index (χ4v) is 6.17. The third-order valence-corrected chi connectivity index (χ3v) is 9.34. The molecule has 6 aromatic rings. The van der Waals surface area contributed by atoms with Crippen molar-refractivity contribution >= 4 is 77.1 Å². The van der Waals surface area contributed by atoms with Gasteiger partial charge in [0.15, 0.2) is 11.2 Å². The lowest BCUT2D eigenvalue weighted by Gasteiger charge is -2.14. The molecule has 0 radical (unpaired) electrons. The highest BCUT2D eigenvalue weighted by Gasteiger charge is 2.20. The standard InChI is InChI=1S/C18H15NO5S.C10H9NO4S.C8H8O2/c1-10-4-6-11(7-5-10)16(20)19(2)15-9-13-14(25-15)8-12(17(21)23-3)18(22)24-13;1-11-8-4-6-7(16-8)3-5(9(12)14-2)10(13)15-6;1-6-2-4-7(5-3-6)8(9)10/h4-9H,1-3H3;3-4,11H,1-2H3;2-5H,1H3,(H,9,10). The summed E-state index contributed by atoms with van der Waals surface area (Å²) in [6.07, 6.45) is 0. The van der Waals surface area contributed by atoms with E-state index in [2.05, 4.69) is 14.8 Å². The van der Waals surface area contributed by atoms with Gasteiger partial charge in [-0.2, -0.15) is 0 Å². The topological polar surface area (TPSA) is 183 Å². The minimum Gasteiger partial charge on any atom is -0.478 e. The Morgan fingerprint density at radius 2 is 1.16 bits per heavy atom. The Labute approximate surface area is 298 Å². The highest BCUT2D eigenvalue weighted by molar-refractivity contribution is 7.23. The van der Waals surface area contributed by atoms with Crippen molar-refractivity contribution in [1.29, 1.82) is 0 Å². The molecule has 0 spiro atoms. The Bertz CT molecular complexity index is 2330. The Morgan fingerprint density at radius 3 is 1.61 bits per heavy atom. The predicted octanol–water partition coefficient (Wildman–Crippen LogP) is 6.60. The maximum absolute atomic E-state index is 12.6. The summed E-state index contributed by atoms with van der Waals surface area (Å²) in [4.78, 5) is 70.5. The molecule has 0 saturated carbocycles. The number of thiophene rings is 2. The number of aromatic carboxylic acids is 1. The smallest absolute Gasteiger partial charge is 0.351 e. The van der Waals surface area contributed by atoms with Crippen molar-refractivity contribution in [3.63, 3.8) is 0 Å². The molecule has 13 nitrogen and oxygen atoms in total. The second kappa shape index (κ2) is 16.6. The molecule has 2 aromatic carbocycles. The molecule has 0 saturated heterocycles. The van der Waals surface area contributed by atoms with Crippen LogP contribution in [-0.4, -0.2) is 57.2 Å². The first-order chi connectivity index (χ1) is 24.3. The second-order valence-corrected chi connectivity index (χ2v) is 12.8. The quantitative estimate of drug-likeness (QED) is 0.175. The van der Waals surface area contributed by atoms with Crippen LogP contribution in [0.3, 0.4) is 0 Å². The number of carbonyl (C=O) groups excluding carboxylic acids is 3. The minimum atomic E-state index is -0.875. The van der Waals surface area contributed by atoms with Crippen LogP contribution in [0.4, 0.5) is 10.0 Å². The number of aryl methyl sites for hydroxylation is 2. The van der Waals surface area contributed by atoms with Crippen molar-refractivity contribution in [2.75, 3.05) is 38.5 Å².